The van der Waals surface area contributed by atoms with Gasteiger partial charge < -0.3 is 15.4 Å². The SMILES string of the molecule is CNCCNCCc1ccc2c(c1)CCCO2. The number of aryl methyl sites for hydroxylation is 1. The third kappa shape index (κ3) is 3.72. The molecular formula is C14H22N2O. The number of likely N-dealkylation sites (N-methyl/N-ethyl adjacent to an activating group) is 1. The zero-order valence-corrected chi connectivity index (χ0v) is 10.6. The van der Waals surface area contributed by atoms with Crippen LogP contribution in [0.15, 0.2) is 18.2 Å². The number of nitrogens with one attached hydrogen (secondary N) is 2. The highest BCUT2D eigenvalue weighted by atomic mass is 16.5. The molecule has 0 fully saturated rings. The van der Waals surface area contributed by atoms with Crippen LogP contribution in [0.4, 0.5) is 0 Å². The molecule has 0 aliphatic carbocycles. The lowest BCUT2D eigenvalue weighted by Crippen LogP contribution is -2.26. The summed E-state index contributed by atoms with van der Waals surface area (Å²) in [6.45, 7) is 3.97. The smallest absolute Gasteiger partial charge is 0.122 e. The molecule has 0 aromatic heterocycles. The predicted octanol–water partition coefficient (Wildman–Crippen LogP) is 1.36. The summed E-state index contributed by atoms with van der Waals surface area (Å²) in [5.41, 5.74) is 2.79. The van der Waals surface area contributed by atoms with E-state index in [0.29, 0.717) is 0 Å². The number of ether oxygens (including phenoxy) is 1. The van der Waals surface area contributed by atoms with E-state index < -0.39 is 0 Å². The second-order valence-corrected chi connectivity index (χ2v) is 4.50. The molecule has 3 nitrogen and oxygen atoms in total. The van der Waals surface area contributed by atoms with Crippen LogP contribution in [0.5, 0.6) is 5.75 Å². The van der Waals surface area contributed by atoms with Gasteiger partial charge in [0.25, 0.3) is 0 Å². The fraction of sp³-hybridized carbons (Fsp3) is 0.571. The number of benzene rings is 1. The second kappa shape index (κ2) is 6.62. The van der Waals surface area contributed by atoms with Crippen molar-refractivity contribution in [1.29, 1.82) is 0 Å². The third-order valence-corrected chi connectivity index (χ3v) is 3.12. The van der Waals surface area contributed by atoms with E-state index in [4.69, 9.17) is 4.74 Å². The van der Waals surface area contributed by atoms with E-state index in [1.807, 2.05) is 7.05 Å². The van der Waals surface area contributed by atoms with Gasteiger partial charge in [0, 0.05) is 13.1 Å². The van der Waals surface area contributed by atoms with Crippen molar-refractivity contribution in [2.45, 2.75) is 19.3 Å². The highest BCUT2D eigenvalue weighted by molar-refractivity contribution is 5.38. The Balaban J connectivity index is 1.81. The molecule has 2 rings (SSSR count). The van der Waals surface area contributed by atoms with Crippen LogP contribution in [0.1, 0.15) is 17.5 Å². The quantitative estimate of drug-likeness (QED) is 0.729. The van der Waals surface area contributed by atoms with Gasteiger partial charge in [-0.3, -0.25) is 0 Å². The second-order valence-electron chi connectivity index (χ2n) is 4.50. The van der Waals surface area contributed by atoms with E-state index in [-0.39, 0.29) is 0 Å². The lowest BCUT2D eigenvalue weighted by atomic mass is 10.0. The molecule has 3 heteroatoms. The first-order valence-electron chi connectivity index (χ1n) is 6.50. The van der Waals surface area contributed by atoms with Crippen LogP contribution in [0.3, 0.4) is 0 Å². The zero-order valence-electron chi connectivity index (χ0n) is 10.6. The lowest BCUT2D eigenvalue weighted by molar-refractivity contribution is 0.288. The maximum atomic E-state index is 5.61. The molecule has 0 unspecified atom stereocenters. The van der Waals surface area contributed by atoms with Crippen molar-refractivity contribution in [3.63, 3.8) is 0 Å². The van der Waals surface area contributed by atoms with E-state index in [0.717, 1.165) is 51.3 Å². The van der Waals surface area contributed by atoms with Gasteiger partial charge in [-0.1, -0.05) is 12.1 Å². The molecule has 0 atom stereocenters. The van der Waals surface area contributed by atoms with Crippen molar-refractivity contribution in [3.8, 4) is 5.75 Å². The van der Waals surface area contributed by atoms with Gasteiger partial charge in [-0.25, -0.2) is 0 Å². The maximum absolute atomic E-state index is 5.61. The topological polar surface area (TPSA) is 33.3 Å². The molecular weight excluding hydrogens is 212 g/mol. The van der Waals surface area contributed by atoms with Gasteiger partial charge in [-0.15, -0.1) is 0 Å². The largest absolute Gasteiger partial charge is 0.493 e. The molecule has 17 heavy (non-hydrogen) atoms. The molecule has 1 heterocycles. The van der Waals surface area contributed by atoms with Crippen LogP contribution >= 0.6 is 0 Å². The summed E-state index contributed by atoms with van der Waals surface area (Å²) < 4.78 is 5.61. The molecule has 0 amide bonds. The summed E-state index contributed by atoms with van der Waals surface area (Å²) in [6.07, 6.45) is 3.41. The molecule has 0 spiro atoms. The van der Waals surface area contributed by atoms with E-state index in [2.05, 4.69) is 28.8 Å². The van der Waals surface area contributed by atoms with Gasteiger partial charge in [0.05, 0.1) is 6.61 Å². The molecule has 94 valence electrons. The fourth-order valence-corrected chi connectivity index (χ4v) is 2.14. The number of hydrogen-bond acceptors (Lipinski definition) is 3. The Bertz CT molecular complexity index is 352. The molecule has 1 aliphatic rings. The van der Waals surface area contributed by atoms with Crippen molar-refractivity contribution in [2.24, 2.45) is 0 Å². The Hall–Kier alpha value is -1.06. The minimum Gasteiger partial charge on any atom is -0.493 e. The zero-order chi connectivity index (χ0) is 11.9. The van der Waals surface area contributed by atoms with Crippen LogP contribution in [0.2, 0.25) is 0 Å². The molecule has 0 saturated carbocycles. The number of rotatable bonds is 6. The first-order valence-corrected chi connectivity index (χ1v) is 6.50. The van der Waals surface area contributed by atoms with Crippen LogP contribution in [0, 0.1) is 0 Å². The van der Waals surface area contributed by atoms with Gasteiger partial charge >= 0.3 is 0 Å². The Morgan fingerprint density at radius 2 is 2.18 bits per heavy atom. The molecule has 0 bridgehead atoms. The predicted molar refractivity (Wildman–Crippen MR) is 70.8 cm³/mol. The highest BCUT2D eigenvalue weighted by Crippen LogP contribution is 2.25. The molecule has 1 aromatic rings. The third-order valence-electron chi connectivity index (χ3n) is 3.12. The van der Waals surface area contributed by atoms with Gasteiger partial charge in [0.15, 0.2) is 0 Å². The fourth-order valence-electron chi connectivity index (χ4n) is 2.14. The van der Waals surface area contributed by atoms with E-state index in [1.54, 1.807) is 0 Å². The summed E-state index contributed by atoms with van der Waals surface area (Å²) in [7, 11) is 1.98. The van der Waals surface area contributed by atoms with Crippen LogP contribution < -0.4 is 15.4 Å². The Morgan fingerprint density at radius 1 is 1.24 bits per heavy atom. The Morgan fingerprint density at radius 3 is 3.06 bits per heavy atom. The summed E-state index contributed by atoms with van der Waals surface area (Å²) in [5.74, 6) is 1.09. The van der Waals surface area contributed by atoms with E-state index >= 15 is 0 Å². The molecule has 2 N–H and O–H groups in total. The van der Waals surface area contributed by atoms with Crippen molar-refractivity contribution >= 4 is 0 Å². The summed E-state index contributed by atoms with van der Waals surface area (Å²) >= 11 is 0. The van der Waals surface area contributed by atoms with Crippen LogP contribution in [0.25, 0.3) is 0 Å². The molecule has 0 saturated heterocycles. The molecule has 0 radical (unpaired) electrons. The van der Waals surface area contributed by atoms with Crippen molar-refractivity contribution in [2.75, 3.05) is 33.3 Å². The van der Waals surface area contributed by atoms with Crippen molar-refractivity contribution in [3.05, 3.63) is 29.3 Å². The Labute approximate surface area is 104 Å². The Kier molecular flexibility index (Phi) is 4.83. The molecule has 1 aromatic carbocycles. The first kappa shape index (κ1) is 12.4. The minimum atomic E-state index is 0.873. The van der Waals surface area contributed by atoms with Crippen molar-refractivity contribution < 1.29 is 4.74 Å². The molecule has 1 aliphatic heterocycles. The monoisotopic (exact) mass is 234 g/mol. The highest BCUT2D eigenvalue weighted by Gasteiger charge is 2.09. The summed E-state index contributed by atoms with van der Waals surface area (Å²) in [6, 6.07) is 6.61. The van der Waals surface area contributed by atoms with Crippen molar-refractivity contribution in [1.82, 2.24) is 10.6 Å². The average molecular weight is 234 g/mol. The maximum Gasteiger partial charge on any atom is 0.122 e. The average Bonchev–Trinajstić information content (AvgIpc) is 2.38. The summed E-state index contributed by atoms with van der Waals surface area (Å²) in [4.78, 5) is 0. The normalized spacial score (nSPS) is 14.2. The number of hydrogen-bond donors (Lipinski definition) is 2. The van der Waals surface area contributed by atoms with Crippen LogP contribution in [-0.4, -0.2) is 33.3 Å². The van der Waals surface area contributed by atoms with E-state index in [9.17, 15) is 0 Å². The summed E-state index contributed by atoms with van der Waals surface area (Å²) in [5, 5.41) is 6.55. The van der Waals surface area contributed by atoms with Gasteiger partial charge in [-0.05, 0) is 50.0 Å². The lowest BCUT2D eigenvalue weighted by Gasteiger charge is -2.17. The van der Waals surface area contributed by atoms with Gasteiger partial charge in [-0.2, -0.15) is 0 Å². The van der Waals surface area contributed by atoms with Gasteiger partial charge in [0.1, 0.15) is 5.75 Å². The number of fused-ring (bicyclic) bond motifs is 1. The van der Waals surface area contributed by atoms with Crippen LogP contribution in [-0.2, 0) is 12.8 Å². The van der Waals surface area contributed by atoms with Gasteiger partial charge in [0.2, 0.25) is 0 Å². The first-order chi connectivity index (χ1) is 8.40. The minimum absolute atomic E-state index is 0.873. The van der Waals surface area contributed by atoms with E-state index in [1.165, 1.54) is 11.1 Å². The standard InChI is InChI=1S/C14H22N2O/c1-15-8-9-16-7-6-12-4-5-14-13(11-12)3-2-10-17-14/h4-5,11,15-16H,2-3,6-10H2,1H3.